The first-order valence-corrected chi connectivity index (χ1v) is 6.77. The summed E-state index contributed by atoms with van der Waals surface area (Å²) in [5.41, 5.74) is -1.87. The Kier molecular flexibility index (Phi) is 7.51. The summed E-state index contributed by atoms with van der Waals surface area (Å²) in [5.74, 6) is 0. The summed E-state index contributed by atoms with van der Waals surface area (Å²) in [7, 11) is -2.87. The topological polar surface area (TPSA) is 78.8 Å². The minimum Gasteiger partial charge on any atom is -0.372 e. The number of hydrogen-bond acceptors (Lipinski definition) is 3. The Morgan fingerprint density at radius 2 is 1.71 bits per heavy atom. The van der Waals surface area contributed by atoms with E-state index in [4.69, 9.17) is 19.1 Å². The first kappa shape index (κ1) is 20.5. The molecule has 21 heavy (non-hydrogen) atoms. The van der Waals surface area contributed by atoms with Crippen molar-refractivity contribution < 1.29 is 45.4 Å². The van der Waals surface area contributed by atoms with Crippen LogP contribution in [-0.4, -0.2) is 46.9 Å². The minimum atomic E-state index is -4.56. The molecule has 0 aromatic rings. The van der Waals surface area contributed by atoms with Crippen LogP contribution in [0.25, 0.3) is 0 Å². The molecule has 0 aromatic carbocycles. The zero-order chi connectivity index (χ0) is 16.9. The molecule has 1 heterocycles. The number of nitrogens with one attached hydrogen (secondary N) is 1. The van der Waals surface area contributed by atoms with Crippen molar-refractivity contribution in [2.45, 2.75) is 43.8 Å². The molecule has 1 aliphatic rings. The number of ether oxygens (including phenoxy) is 1. The summed E-state index contributed by atoms with van der Waals surface area (Å²) in [6.45, 7) is 1.15. The van der Waals surface area contributed by atoms with Gasteiger partial charge in [-0.25, -0.2) is 0 Å². The van der Waals surface area contributed by atoms with Crippen LogP contribution < -0.4 is 5.32 Å². The normalized spacial score (nSPS) is 26.8. The third kappa shape index (κ3) is 9.97. The predicted octanol–water partition coefficient (Wildman–Crippen LogP) is 2.27. The highest BCUT2D eigenvalue weighted by atomic mass is 31.1. The Balaban J connectivity index is 0.000000885. The second-order valence-corrected chi connectivity index (χ2v) is 5.04. The zero-order valence-corrected chi connectivity index (χ0v) is 11.7. The highest BCUT2D eigenvalue weighted by Crippen LogP contribution is 2.37. The first-order chi connectivity index (χ1) is 9.25. The van der Waals surface area contributed by atoms with E-state index in [1.807, 2.05) is 0 Å². The fourth-order valence-electron chi connectivity index (χ4n) is 1.93. The molecule has 1 saturated heterocycles. The molecule has 0 bridgehead atoms. The maximum Gasteiger partial charge on any atom is 0.692 e. The first-order valence-electron chi connectivity index (χ1n) is 5.61. The molecular formula is C9H15F6NO4P+. The molecule has 2 unspecified atom stereocenters. The second kappa shape index (κ2) is 7.68. The van der Waals surface area contributed by atoms with Gasteiger partial charge in [-0.1, -0.05) is 0 Å². The van der Waals surface area contributed by atoms with Gasteiger partial charge >= 0.3 is 20.6 Å². The van der Waals surface area contributed by atoms with Crippen LogP contribution in [0, 0.1) is 0 Å². The lowest BCUT2D eigenvalue weighted by Gasteiger charge is -2.42. The lowest BCUT2D eigenvalue weighted by molar-refractivity contribution is -0.216. The average molecular weight is 346 g/mol. The van der Waals surface area contributed by atoms with Crippen molar-refractivity contribution in [3.8, 4) is 0 Å². The summed E-state index contributed by atoms with van der Waals surface area (Å²) < 4.78 is 87.2. The number of alkyl halides is 6. The third-order valence-corrected chi connectivity index (χ3v) is 2.65. The number of morpholine rings is 1. The molecule has 2 atom stereocenters. The molecular weight excluding hydrogens is 331 g/mol. The van der Waals surface area contributed by atoms with Gasteiger partial charge in [0.05, 0.1) is 25.0 Å². The maximum absolute atomic E-state index is 12.3. The number of halogens is 6. The van der Waals surface area contributed by atoms with Crippen LogP contribution in [-0.2, 0) is 9.30 Å². The maximum atomic E-state index is 12.3. The van der Waals surface area contributed by atoms with E-state index < -0.39 is 45.1 Å². The van der Waals surface area contributed by atoms with Crippen molar-refractivity contribution >= 4 is 8.25 Å². The molecule has 12 heteroatoms. The van der Waals surface area contributed by atoms with Crippen molar-refractivity contribution in [1.29, 1.82) is 0 Å². The molecule has 5 nitrogen and oxygen atoms in total. The quantitative estimate of drug-likeness (QED) is 0.528. The van der Waals surface area contributed by atoms with Crippen molar-refractivity contribution in [3.05, 3.63) is 0 Å². The van der Waals surface area contributed by atoms with E-state index in [1.54, 1.807) is 0 Å². The van der Waals surface area contributed by atoms with Gasteiger partial charge in [-0.2, -0.15) is 26.3 Å². The van der Waals surface area contributed by atoms with Gasteiger partial charge in [0.1, 0.15) is 0 Å². The fourth-order valence-corrected chi connectivity index (χ4v) is 1.93. The third-order valence-electron chi connectivity index (χ3n) is 2.65. The molecule has 0 aliphatic carbocycles. The van der Waals surface area contributed by atoms with Gasteiger partial charge in [0, 0.05) is 17.2 Å². The molecule has 0 amide bonds. The average Bonchev–Trinajstić information content (AvgIpc) is 2.16. The van der Waals surface area contributed by atoms with Gasteiger partial charge < -0.3 is 10.1 Å². The lowest BCUT2D eigenvalue weighted by atomic mass is 9.88. The lowest BCUT2D eigenvalue weighted by Crippen LogP contribution is -2.59. The van der Waals surface area contributed by atoms with E-state index in [2.05, 4.69) is 5.32 Å². The SMILES string of the molecule is CC1(CC(F)(F)F)OCCNC1CC(F)(F)F.O=[P+](O)O. The minimum absolute atomic E-state index is 0.0268. The Labute approximate surface area is 117 Å². The van der Waals surface area contributed by atoms with Crippen molar-refractivity contribution in [2.75, 3.05) is 13.2 Å². The van der Waals surface area contributed by atoms with Crippen LogP contribution in [0.15, 0.2) is 0 Å². The second-order valence-electron chi connectivity index (χ2n) is 4.53. The predicted molar refractivity (Wildman–Crippen MR) is 59.5 cm³/mol. The molecule has 0 radical (unpaired) electrons. The Hall–Kier alpha value is -0.480. The van der Waals surface area contributed by atoms with E-state index >= 15 is 0 Å². The van der Waals surface area contributed by atoms with Crippen LogP contribution in [0.5, 0.6) is 0 Å². The summed E-state index contributed by atoms with van der Waals surface area (Å²) in [5, 5.41) is 2.44. The summed E-state index contributed by atoms with van der Waals surface area (Å²) in [4.78, 5) is 14.2. The van der Waals surface area contributed by atoms with E-state index in [0.29, 0.717) is 0 Å². The summed E-state index contributed by atoms with van der Waals surface area (Å²) >= 11 is 0. The highest BCUT2D eigenvalue weighted by molar-refractivity contribution is 7.30. The molecule has 126 valence electrons. The van der Waals surface area contributed by atoms with E-state index in [1.165, 1.54) is 0 Å². The van der Waals surface area contributed by atoms with Gasteiger partial charge in [0.25, 0.3) is 0 Å². The number of rotatable bonds is 2. The molecule has 0 spiro atoms. The Morgan fingerprint density at radius 1 is 1.24 bits per heavy atom. The fraction of sp³-hybridized carbons (Fsp3) is 1.00. The van der Waals surface area contributed by atoms with Crippen molar-refractivity contribution in [3.63, 3.8) is 0 Å². The van der Waals surface area contributed by atoms with E-state index in [9.17, 15) is 26.3 Å². The standard InChI is InChI=1S/C9H13F6NO.HO3P/c1-7(5-9(13,14)15)6(4-8(10,11)12)16-2-3-17-7;1-4(2)3/h6,16H,2-5H2,1H3;(H-,1,2,3)/p+1. The van der Waals surface area contributed by atoms with E-state index in [-0.39, 0.29) is 13.2 Å². The molecule has 3 N–H and O–H groups in total. The van der Waals surface area contributed by atoms with E-state index in [0.717, 1.165) is 6.92 Å². The van der Waals surface area contributed by atoms with Crippen LogP contribution in [0.2, 0.25) is 0 Å². The van der Waals surface area contributed by atoms with Crippen LogP contribution in [0.4, 0.5) is 26.3 Å². The smallest absolute Gasteiger partial charge is 0.372 e. The van der Waals surface area contributed by atoms with Crippen molar-refractivity contribution in [2.24, 2.45) is 0 Å². The molecule has 1 fully saturated rings. The number of hydrogen-bond donors (Lipinski definition) is 3. The van der Waals surface area contributed by atoms with Gasteiger partial charge in [0.15, 0.2) is 0 Å². The Morgan fingerprint density at radius 3 is 2.10 bits per heavy atom. The highest BCUT2D eigenvalue weighted by Gasteiger charge is 2.49. The molecule has 1 aliphatic heterocycles. The van der Waals surface area contributed by atoms with Gasteiger partial charge in [-0.05, 0) is 6.92 Å². The van der Waals surface area contributed by atoms with Gasteiger partial charge in [0.2, 0.25) is 0 Å². The van der Waals surface area contributed by atoms with Crippen LogP contribution in [0.1, 0.15) is 19.8 Å². The summed E-state index contributed by atoms with van der Waals surface area (Å²) in [6.07, 6.45) is -11.8. The molecule has 0 aromatic heterocycles. The van der Waals surface area contributed by atoms with Gasteiger partial charge in [-0.15, -0.1) is 9.79 Å². The zero-order valence-electron chi connectivity index (χ0n) is 10.8. The monoisotopic (exact) mass is 346 g/mol. The van der Waals surface area contributed by atoms with Crippen molar-refractivity contribution in [1.82, 2.24) is 5.32 Å². The van der Waals surface area contributed by atoms with Crippen LogP contribution >= 0.6 is 8.25 Å². The molecule has 1 rings (SSSR count). The summed E-state index contributed by atoms with van der Waals surface area (Å²) in [6, 6.07) is -1.38. The largest absolute Gasteiger partial charge is 0.692 e. The Bertz CT molecular complexity index is 346. The molecule has 0 saturated carbocycles. The van der Waals surface area contributed by atoms with Gasteiger partial charge in [-0.3, -0.25) is 0 Å². The van der Waals surface area contributed by atoms with Crippen LogP contribution in [0.3, 0.4) is 0 Å².